The van der Waals surface area contributed by atoms with Crippen LogP contribution < -0.4 is 29.6 Å². The SMILES string of the molecule is COc1cc(NC(=O)CNC(=O)COc2ccc(Cl)cc2)cc(OC)c1OC. The van der Waals surface area contributed by atoms with E-state index in [1.165, 1.54) is 21.3 Å². The van der Waals surface area contributed by atoms with Crippen molar-refractivity contribution in [3.05, 3.63) is 41.4 Å². The monoisotopic (exact) mass is 408 g/mol. The van der Waals surface area contributed by atoms with Gasteiger partial charge in [-0.2, -0.15) is 0 Å². The Hall–Kier alpha value is -3.13. The Labute approximate surface area is 167 Å². The Kier molecular flexibility index (Phi) is 7.76. The molecule has 2 aromatic carbocycles. The molecule has 0 bridgehead atoms. The van der Waals surface area contributed by atoms with Crippen molar-refractivity contribution >= 4 is 29.1 Å². The highest BCUT2D eigenvalue weighted by molar-refractivity contribution is 6.30. The van der Waals surface area contributed by atoms with Crippen LogP contribution in [0.3, 0.4) is 0 Å². The zero-order valence-corrected chi connectivity index (χ0v) is 16.5. The molecule has 0 aliphatic heterocycles. The number of hydrogen-bond donors (Lipinski definition) is 2. The summed E-state index contributed by atoms with van der Waals surface area (Å²) in [5.41, 5.74) is 0.436. The van der Waals surface area contributed by atoms with E-state index < -0.39 is 11.8 Å². The Bertz CT molecular complexity index is 801. The molecule has 2 aromatic rings. The molecule has 0 heterocycles. The largest absolute Gasteiger partial charge is 0.493 e. The molecule has 0 aliphatic carbocycles. The third kappa shape index (κ3) is 5.95. The molecular formula is C19H21ClN2O6. The van der Waals surface area contributed by atoms with Crippen molar-refractivity contribution in [1.82, 2.24) is 5.32 Å². The molecule has 0 unspecified atom stereocenters. The highest BCUT2D eigenvalue weighted by atomic mass is 35.5. The van der Waals surface area contributed by atoms with Gasteiger partial charge in [-0.05, 0) is 24.3 Å². The molecule has 28 heavy (non-hydrogen) atoms. The Morgan fingerprint density at radius 1 is 0.929 bits per heavy atom. The van der Waals surface area contributed by atoms with E-state index in [0.717, 1.165) is 0 Å². The summed E-state index contributed by atoms with van der Waals surface area (Å²) >= 11 is 5.78. The Morgan fingerprint density at radius 3 is 2.07 bits per heavy atom. The molecule has 0 aliphatic rings. The minimum Gasteiger partial charge on any atom is -0.493 e. The fraction of sp³-hybridized carbons (Fsp3) is 0.263. The summed E-state index contributed by atoms with van der Waals surface area (Å²) in [6.45, 7) is -0.446. The minimum absolute atomic E-state index is 0.223. The Balaban J connectivity index is 1.86. The number of benzene rings is 2. The second kappa shape index (κ2) is 10.3. The molecular weight excluding hydrogens is 388 g/mol. The molecule has 2 amide bonds. The summed E-state index contributed by atoms with van der Waals surface area (Å²) in [6, 6.07) is 9.77. The second-order valence-corrected chi connectivity index (χ2v) is 5.92. The van der Waals surface area contributed by atoms with Crippen molar-refractivity contribution in [2.24, 2.45) is 0 Å². The van der Waals surface area contributed by atoms with Crippen LogP contribution in [0.25, 0.3) is 0 Å². The number of amides is 2. The number of ether oxygens (including phenoxy) is 4. The van der Waals surface area contributed by atoms with Crippen molar-refractivity contribution in [2.45, 2.75) is 0 Å². The average Bonchev–Trinajstić information content (AvgIpc) is 2.71. The van der Waals surface area contributed by atoms with Gasteiger partial charge < -0.3 is 29.6 Å². The number of methoxy groups -OCH3 is 3. The smallest absolute Gasteiger partial charge is 0.258 e. The lowest BCUT2D eigenvalue weighted by molar-refractivity contribution is -0.125. The molecule has 0 atom stereocenters. The average molecular weight is 409 g/mol. The first-order chi connectivity index (χ1) is 13.5. The third-order valence-corrected chi connectivity index (χ3v) is 3.83. The number of anilines is 1. The van der Waals surface area contributed by atoms with Gasteiger partial charge in [0, 0.05) is 22.8 Å². The van der Waals surface area contributed by atoms with Crippen molar-refractivity contribution in [1.29, 1.82) is 0 Å². The normalized spacial score (nSPS) is 10.0. The summed E-state index contributed by atoms with van der Waals surface area (Å²) in [7, 11) is 4.44. The molecule has 2 rings (SSSR count). The van der Waals surface area contributed by atoms with Gasteiger partial charge in [0.05, 0.1) is 27.9 Å². The maximum atomic E-state index is 12.1. The van der Waals surface area contributed by atoms with E-state index in [2.05, 4.69) is 10.6 Å². The van der Waals surface area contributed by atoms with E-state index in [-0.39, 0.29) is 13.2 Å². The zero-order valence-electron chi connectivity index (χ0n) is 15.7. The van der Waals surface area contributed by atoms with E-state index in [1.807, 2.05) is 0 Å². The first-order valence-electron chi connectivity index (χ1n) is 8.21. The van der Waals surface area contributed by atoms with Crippen LogP contribution in [0.1, 0.15) is 0 Å². The standard InChI is InChI=1S/C19H21ClN2O6/c1-25-15-8-13(9-16(26-2)19(15)27-3)22-17(23)10-21-18(24)11-28-14-6-4-12(20)5-7-14/h4-9H,10-11H2,1-3H3,(H,21,24)(H,22,23). The summed E-state index contributed by atoms with van der Waals surface area (Å²) in [6.07, 6.45) is 0. The number of carbonyl (C=O) groups is 2. The predicted molar refractivity (Wildman–Crippen MR) is 105 cm³/mol. The minimum atomic E-state index is -0.435. The fourth-order valence-corrected chi connectivity index (χ4v) is 2.39. The molecule has 9 heteroatoms. The van der Waals surface area contributed by atoms with Crippen LogP contribution in [0.15, 0.2) is 36.4 Å². The summed E-state index contributed by atoms with van der Waals surface area (Å²) < 4.78 is 21.0. The maximum absolute atomic E-state index is 12.1. The fourth-order valence-electron chi connectivity index (χ4n) is 2.27. The van der Waals surface area contributed by atoms with Crippen LogP contribution in [0, 0.1) is 0 Å². The lowest BCUT2D eigenvalue weighted by atomic mass is 10.2. The molecule has 0 saturated heterocycles. The van der Waals surface area contributed by atoms with Gasteiger partial charge in [0.15, 0.2) is 18.1 Å². The van der Waals surface area contributed by atoms with Crippen molar-refractivity contribution < 1.29 is 28.5 Å². The summed E-state index contributed by atoms with van der Waals surface area (Å²) in [4.78, 5) is 23.9. The van der Waals surface area contributed by atoms with Gasteiger partial charge in [-0.3, -0.25) is 9.59 Å². The van der Waals surface area contributed by atoms with Gasteiger partial charge in [0.1, 0.15) is 5.75 Å². The number of rotatable bonds is 9. The molecule has 0 saturated carbocycles. The van der Waals surface area contributed by atoms with Gasteiger partial charge in [-0.1, -0.05) is 11.6 Å². The second-order valence-electron chi connectivity index (χ2n) is 5.48. The topological polar surface area (TPSA) is 95.1 Å². The molecule has 2 N–H and O–H groups in total. The van der Waals surface area contributed by atoms with Gasteiger partial charge in [0.2, 0.25) is 11.7 Å². The van der Waals surface area contributed by atoms with Crippen molar-refractivity contribution in [2.75, 3.05) is 39.8 Å². The number of carbonyl (C=O) groups excluding carboxylic acids is 2. The van der Waals surface area contributed by atoms with Crippen LogP contribution in [-0.2, 0) is 9.59 Å². The lowest BCUT2D eigenvalue weighted by Crippen LogP contribution is -2.35. The molecule has 150 valence electrons. The lowest BCUT2D eigenvalue weighted by Gasteiger charge is -2.14. The van der Waals surface area contributed by atoms with Crippen molar-refractivity contribution in [3.8, 4) is 23.0 Å². The van der Waals surface area contributed by atoms with Crippen molar-refractivity contribution in [3.63, 3.8) is 0 Å². The van der Waals surface area contributed by atoms with Crippen LogP contribution in [0.5, 0.6) is 23.0 Å². The Morgan fingerprint density at radius 2 is 1.54 bits per heavy atom. The van der Waals surface area contributed by atoms with Crippen LogP contribution in [-0.4, -0.2) is 46.3 Å². The van der Waals surface area contributed by atoms with E-state index in [0.29, 0.717) is 33.7 Å². The number of nitrogens with one attached hydrogen (secondary N) is 2. The third-order valence-electron chi connectivity index (χ3n) is 3.58. The first kappa shape index (κ1) is 21.2. The maximum Gasteiger partial charge on any atom is 0.258 e. The number of halogens is 1. The van der Waals surface area contributed by atoms with Gasteiger partial charge >= 0.3 is 0 Å². The van der Waals surface area contributed by atoms with E-state index in [4.69, 9.17) is 30.5 Å². The van der Waals surface area contributed by atoms with Crippen LogP contribution in [0.4, 0.5) is 5.69 Å². The van der Waals surface area contributed by atoms with E-state index in [1.54, 1.807) is 36.4 Å². The highest BCUT2D eigenvalue weighted by Gasteiger charge is 2.15. The van der Waals surface area contributed by atoms with Crippen LogP contribution in [0.2, 0.25) is 5.02 Å². The quantitative estimate of drug-likeness (QED) is 0.662. The zero-order chi connectivity index (χ0) is 20.5. The molecule has 0 aromatic heterocycles. The number of hydrogen-bond acceptors (Lipinski definition) is 6. The molecule has 0 fully saturated rings. The molecule has 0 spiro atoms. The van der Waals surface area contributed by atoms with Gasteiger partial charge in [-0.15, -0.1) is 0 Å². The first-order valence-corrected chi connectivity index (χ1v) is 8.59. The van der Waals surface area contributed by atoms with Gasteiger partial charge in [0.25, 0.3) is 5.91 Å². The summed E-state index contributed by atoms with van der Waals surface area (Å²) in [5, 5.41) is 5.70. The molecule has 8 nitrogen and oxygen atoms in total. The van der Waals surface area contributed by atoms with Gasteiger partial charge in [-0.25, -0.2) is 0 Å². The highest BCUT2D eigenvalue weighted by Crippen LogP contribution is 2.39. The van der Waals surface area contributed by atoms with Crippen LogP contribution >= 0.6 is 11.6 Å². The molecule has 0 radical (unpaired) electrons. The van der Waals surface area contributed by atoms with E-state index in [9.17, 15) is 9.59 Å². The predicted octanol–water partition coefficient (Wildman–Crippen LogP) is 2.50. The summed E-state index contributed by atoms with van der Waals surface area (Å²) in [5.74, 6) is 0.858. The van der Waals surface area contributed by atoms with E-state index >= 15 is 0 Å².